The van der Waals surface area contributed by atoms with Crippen molar-refractivity contribution in [2.45, 2.75) is 5.16 Å². The second-order valence-corrected chi connectivity index (χ2v) is 3.21. The molecule has 0 atom stereocenters. The molecular formula is C5H5Cl2N3S. The molecule has 0 aromatic carbocycles. The first-order valence-electron chi connectivity index (χ1n) is 2.67. The molecule has 2 N–H and O–H groups in total. The number of hydrogen-bond acceptors (Lipinski definition) is 4. The Kier molecular flexibility index (Phi) is 2.81. The van der Waals surface area contributed by atoms with Crippen LogP contribution in [0.5, 0.6) is 0 Å². The van der Waals surface area contributed by atoms with Gasteiger partial charge >= 0.3 is 0 Å². The molecule has 1 aromatic heterocycles. The molecular weight excluding hydrogens is 205 g/mol. The smallest absolute Gasteiger partial charge is 0.190 e. The van der Waals surface area contributed by atoms with E-state index in [9.17, 15) is 0 Å². The number of thioether (sulfide) groups is 1. The number of nitrogens with two attached hydrogens (primary N) is 1. The lowest BCUT2D eigenvalue weighted by Gasteiger charge is -2.00. The van der Waals surface area contributed by atoms with Crippen molar-refractivity contribution in [2.75, 3.05) is 12.0 Å². The van der Waals surface area contributed by atoms with Crippen LogP contribution in [0, 0.1) is 0 Å². The van der Waals surface area contributed by atoms with Crippen LogP contribution in [0.15, 0.2) is 5.16 Å². The number of nitrogen functional groups attached to an aromatic ring is 1. The molecule has 0 saturated heterocycles. The predicted molar refractivity (Wildman–Crippen MR) is 48.2 cm³/mol. The molecule has 6 heteroatoms. The van der Waals surface area contributed by atoms with Crippen molar-refractivity contribution in [3.63, 3.8) is 0 Å². The highest BCUT2D eigenvalue weighted by Crippen LogP contribution is 2.26. The molecule has 1 aromatic rings. The molecule has 0 bridgehead atoms. The summed E-state index contributed by atoms with van der Waals surface area (Å²) in [5.41, 5.74) is 5.42. The van der Waals surface area contributed by atoms with Crippen LogP contribution in [0.2, 0.25) is 10.2 Å². The van der Waals surface area contributed by atoms with Gasteiger partial charge in [-0.25, -0.2) is 9.97 Å². The molecule has 0 saturated carbocycles. The van der Waals surface area contributed by atoms with Crippen molar-refractivity contribution >= 4 is 40.8 Å². The Labute approximate surface area is 78.3 Å². The van der Waals surface area contributed by atoms with Gasteiger partial charge in [-0.15, -0.1) is 0 Å². The number of hydrogen-bond donors (Lipinski definition) is 1. The molecule has 0 amide bonds. The summed E-state index contributed by atoms with van der Waals surface area (Å²) in [5, 5.41) is 0.935. The van der Waals surface area contributed by atoms with Gasteiger partial charge in [-0.3, -0.25) is 0 Å². The zero-order valence-electron chi connectivity index (χ0n) is 5.64. The number of aromatic nitrogens is 2. The highest BCUT2D eigenvalue weighted by molar-refractivity contribution is 7.98. The van der Waals surface area contributed by atoms with Gasteiger partial charge in [0.1, 0.15) is 10.8 Å². The molecule has 60 valence electrons. The van der Waals surface area contributed by atoms with E-state index in [0.29, 0.717) is 5.16 Å². The highest BCUT2D eigenvalue weighted by atomic mass is 35.5. The standard InChI is InChI=1S/C5H5Cl2N3S/c1-11-5-9-3(7)2(6)4(8)10-5/h1H3,(H2,8,9,10). The molecule has 0 spiro atoms. The van der Waals surface area contributed by atoms with Crippen LogP contribution < -0.4 is 5.73 Å². The van der Waals surface area contributed by atoms with Crippen molar-refractivity contribution in [1.82, 2.24) is 9.97 Å². The second-order valence-electron chi connectivity index (χ2n) is 1.70. The van der Waals surface area contributed by atoms with Crippen LogP contribution in [0.1, 0.15) is 0 Å². The molecule has 0 unspecified atom stereocenters. The minimum atomic E-state index is 0.198. The molecule has 11 heavy (non-hydrogen) atoms. The summed E-state index contributed by atoms with van der Waals surface area (Å²) < 4.78 is 0. The first-order chi connectivity index (χ1) is 5.15. The number of anilines is 1. The average Bonchev–Trinajstić information content (AvgIpc) is 1.99. The summed E-state index contributed by atoms with van der Waals surface area (Å²) in [7, 11) is 0. The fourth-order valence-corrected chi connectivity index (χ4v) is 1.19. The molecule has 3 nitrogen and oxygen atoms in total. The number of nitrogens with zero attached hydrogens (tertiary/aromatic N) is 2. The van der Waals surface area contributed by atoms with Crippen molar-refractivity contribution in [3.05, 3.63) is 10.2 Å². The normalized spacial score (nSPS) is 10.1. The van der Waals surface area contributed by atoms with Crippen LogP contribution in [0.25, 0.3) is 0 Å². The molecule has 0 radical (unpaired) electrons. The lowest BCUT2D eigenvalue weighted by Crippen LogP contribution is -1.96. The maximum absolute atomic E-state index is 5.62. The summed E-state index contributed by atoms with van der Waals surface area (Å²) >= 11 is 12.6. The van der Waals surface area contributed by atoms with Gasteiger partial charge in [0.2, 0.25) is 0 Å². The predicted octanol–water partition coefficient (Wildman–Crippen LogP) is 2.09. The third-order valence-corrected chi connectivity index (χ3v) is 2.29. The van der Waals surface area contributed by atoms with E-state index in [2.05, 4.69) is 9.97 Å². The summed E-state index contributed by atoms with van der Waals surface area (Å²) in [6.45, 7) is 0. The molecule has 0 aliphatic rings. The van der Waals surface area contributed by atoms with Crippen LogP contribution in [0.3, 0.4) is 0 Å². The van der Waals surface area contributed by atoms with E-state index in [4.69, 9.17) is 28.9 Å². The minimum Gasteiger partial charge on any atom is -0.382 e. The van der Waals surface area contributed by atoms with Crippen LogP contribution in [-0.4, -0.2) is 16.2 Å². The van der Waals surface area contributed by atoms with Crippen LogP contribution in [-0.2, 0) is 0 Å². The van der Waals surface area contributed by atoms with Gasteiger partial charge in [-0.2, -0.15) is 0 Å². The largest absolute Gasteiger partial charge is 0.382 e. The lowest BCUT2D eigenvalue weighted by molar-refractivity contribution is 0.980. The zero-order valence-corrected chi connectivity index (χ0v) is 7.96. The van der Waals surface area contributed by atoms with Gasteiger partial charge in [0, 0.05) is 0 Å². The summed E-state index contributed by atoms with van der Waals surface area (Å²) in [6.07, 6.45) is 1.83. The van der Waals surface area contributed by atoms with Gasteiger partial charge < -0.3 is 5.73 Å². The lowest BCUT2D eigenvalue weighted by atomic mass is 10.6. The van der Waals surface area contributed by atoms with Crippen molar-refractivity contribution in [2.24, 2.45) is 0 Å². The topological polar surface area (TPSA) is 51.8 Å². The summed E-state index contributed by atoms with van der Waals surface area (Å²) in [4.78, 5) is 7.72. The maximum Gasteiger partial charge on any atom is 0.190 e. The van der Waals surface area contributed by atoms with E-state index < -0.39 is 0 Å². The highest BCUT2D eigenvalue weighted by Gasteiger charge is 2.06. The monoisotopic (exact) mass is 209 g/mol. The van der Waals surface area contributed by atoms with Gasteiger partial charge in [0.25, 0.3) is 0 Å². The first kappa shape index (κ1) is 8.90. The molecule has 1 heterocycles. The van der Waals surface area contributed by atoms with E-state index in [1.165, 1.54) is 11.8 Å². The van der Waals surface area contributed by atoms with E-state index >= 15 is 0 Å². The Morgan fingerprint density at radius 3 is 2.45 bits per heavy atom. The SMILES string of the molecule is CSc1nc(N)c(Cl)c(Cl)n1. The summed E-state index contributed by atoms with van der Waals surface area (Å²) in [6, 6.07) is 0. The quantitative estimate of drug-likeness (QED) is 0.438. The summed E-state index contributed by atoms with van der Waals surface area (Å²) in [5.74, 6) is 0.219. The fourth-order valence-electron chi connectivity index (χ4n) is 0.507. The third-order valence-electron chi connectivity index (χ3n) is 0.998. The zero-order chi connectivity index (χ0) is 8.43. The van der Waals surface area contributed by atoms with Gasteiger partial charge in [0.05, 0.1) is 0 Å². The first-order valence-corrected chi connectivity index (χ1v) is 4.65. The maximum atomic E-state index is 5.62. The van der Waals surface area contributed by atoms with Gasteiger partial charge in [-0.1, -0.05) is 35.0 Å². The Balaban J connectivity index is 3.21. The third kappa shape index (κ3) is 1.89. The van der Waals surface area contributed by atoms with E-state index in [1.807, 2.05) is 6.26 Å². The Morgan fingerprint density at radius 1 is 1.36 bits per heavy atom. The Bertz CT molecular complexity index is 255. The molecule has 0 fully saturated rings. The fraction of sp³-hybridized carbons (Fsp3) is 0.200. The minimum absolute atomic E-state index is 0.198. The second kappa shape index (κ2) is 3.47. The number of halogens is 2. The van der Waals surface area contributed by atoms with E-state index in [0.717, 1.165) is 0 Å². The molecule has 0 aliphatic carbocycles. The Morgan fingerprint density at radius 2 is 2.00 bits per heavy atom. The van der Waals surface area contributed by atoms with Crippen LogP contribution >= 0.6 is 35.0 Å². The van der Waals surface area contributed by atoms with E-state index in [-0.39, 0.29) is 16.0 Å². The van der Waals surface area contributed by atoms with Gasteiger partial charge in [0.15, 0.2) is 10.3 Å². The Hall–Kier alpha value is -0.190. The van der Waals surface area contributed by atoms with Crippen LogP contribution in [0.4, 0.5) is 5.82 Å². The van der Waals surface area contributed by atoms with Crippen molar-refractivity contribution in [3.8, 4) is 0 Å². The number of rotatable bonds is 1. The van der Waals surface area contributed by atoms with E-state index in [1.54, 1.807) is 0 Å². The molecule has 0 aliphatic heterocycles. The average molecular weight is 210 g/mol. The molecule has 1 rings (SSSR count). The van der Waals surface area contributed by atoms with Gasteiger partial charge in [-0.05, 0) is 6.26 Å². The van der Waals surface area contributed by atoms with Crippen molar-refractivity contribution < 1.29 is 0 Å². The van der Waals surface area contributed by atoms with Crippen molar-refractivity contribution in [1.29, 1.82) is 0 Å².